The fourth-order valence-corrected chi connectivity index (χ4v) is 1.81. The molecule has 0 heterocycles. The van der Waals surface area contributed by atoms with Gasteiger partial charge in [0.2, 0.25) is 0 Å². The summed E-state index contributed by atoms with van der Waals surface area (Å²) in [7, 11) is 1.65. The summed E-state index contributed by atoms with van der Waals surface area (Å²) in [5, 5.41) is 0.765. The monoisotopic (exact) mass is 213 g/mol. The normalized spacial score (nSPS) is 10.7. The van der Waals surface area contributed by atoms with Gasteiger partial charge in [0.05, 0.1) is 7.11 Å². The lowest BCUT2D eigenvalue weighted by atomic mass is 10.0. The summed E-state index contributed by atoms with van der Waals surface area (Å²) in [5.41, 5.74) is 7.63. The van der Waals surface area contributed by atoms with Gasteiger partial charge >= 0.3 is 0 Å². The average Bonchev–Trinajstić information content (AvgIpc) is 2.16. The van der Waals surface area contributed by atoms with Gasteiger partial charge in [0, 0.05) is 17.1 Å². The highest BCUT2D eigenvalue weighted by atomic mass is 35.5. The van der Waals surface area contributed by atoms with E-state index in [1.807, 2.05) is 12.1 Å². The van der Waals surface area contributed by atoms with Crippen molar-refractivity contribution in [2.24, 2.45) is 5.73 Å². The zero-order valence-corrected chi connectivity index (χ0v) is 9.56. The number of halogens is 1. The zero-order chi connectivity index (χ0) is 10.7. The van der Waals surface area contributed by atoms with E-state index in [2.05, 4.69) is 13.8 Å². The Morgan fingerprint density at radius 1 is 1.43 bits per heavy atom. The minimum atomic E-state index is 0.392. The number of rotatable bonds is 3. The first-order valence-electron chi connectivity index (χ1n) is 4.66. The second kappa shape index (κ2) is 4.67. The van der Waals surface area contributed by atoms with E-state index in [1.54, 1.807) is 7.11 Å². The molecule has 2 N–H and O–H groups in total. The topological polar surface area (TPSA) is 35.2 Å². The fourth-order valence-electron chi connectivity index (χ4n) is 1.40. The van der Waals surface area contributed by atoms with Crippen molar-refractivity contribution in [3.8, 4) is 5.75 Å². The van der Waals surface area contributed by atoms with Gasteiger partial charge in [-0.15, -0.1) is 0 Å². The molecule has 0 fully saturated rings. The van der Waals surface area contributed by atoms with Gasteiger partial charge in [-0.3, -0.25) is 0 Å². The number of hydrogen-bond donors (Lipinski definition) is 1. The van der Waals surface area contributed by atoms with Gasteiger partial charge in [0.15, 0.2) is 0 Å². The average molecular weight is 214 g/mol. The van der Waals surface area contributed by atoms with E-state index >= 15 is 0 Å². The molecule has 1 rings (SSSR count). The summed E-state index contributed by atoms with van der Waals surface area (Å²) in [4.78, 5) is 0. The van der Waals surface area contributed by atoms with Crippen LogP contribution in [0.15, 0.2) is 12.1 Å². The summed E-state index contributed by atoms with van der Waals surface area (Å²) in [6.07, 6.45) is 0. The molecule has 0 radical (unpaired) electrons. The van der Waals surface area contributed by atoms with Crippen molar-refractivity contribution in [1.82, 2.24) is 0 Å². The van der Waals surface area contributed by atoms with Crippen molar-refractivity contribution in [2.75, 3.05) is 7.11 Å². The second-order valence-corrected chi connectivity index (χ2v) is 3.95. The molecule has 0 saturated heterocycles. The summed E-state index contributed by atoms with van der Waals surface area (Å²) >= 11 is 6.12. The van der Waals surface area contributed by atoms with Gasteiger partial charge in [-0.25, -0.2) is 0 Å². The third-order valence-corrected chi connectivity index (χ3v) is 2.57. The molecule has 0 aliphatic carbocycles. The van der Waals surface area contributed by atoms with Crippen LogP contribution >= 0.6 is 11.6 Å². The van der Waals surface area contributed by atoms with Crippen LogP contribution in [-0.4, -0.2) is 7.11 Å². The van der Waals surface area contributed by atoms with Crippen molar-refractivity contribution in [1.29, 1.82) is 0 Å². The molecule has 2 nitrogen and oxygen atoms in total. The fraction of sp³-hybridized carbons (Fsp3) is 0.455. The number of benzene rings is 1. The van der Waals surface area contributed by atoms with Crippen LogP contribution in [0.5, 0.6) is 5.75 Å². The van der Waals surface area contributed by atoms with E-state index in [9.17, 15) is 0 Å². The lowest BCUT2D eigenvalue weighted by molar-refractivity contribution is 0.409. The van der Waals surface area contributed by atoms with Crippen LogP contribution in [-0.2, 0) is 6.54 Å². The first-order valence-corrected chi connectivity index (χ1v) is 5.04. The van der Waals surface area contributed by atoms with E-state index in [1.165, 1.54) is 0 Å². The molecule has 1 aromatic rings. The van der Waals surface area contributed by atoms with Crippen molar-refractivity contribution >= 4 is 11.6 Å². The Balaban J connectivity index is 3.23. The van der Waals surface area contributed by atoms with Crippen LogP contribution in [0.25, 0.3) is 0 Å². The highest BCUT2D eigenvalue weighted by molar-refractivity contribution is 6.31. The van der Waals surface area contributed by atoms with Gasteiger partial charge in [0.25, 0.3) is 0 Å². The van der Waals surface area contributed by atoms with Crippen LogP contribution in [0.2, 0.25) is 5.02 Å². The first-order chi connectivity index (χ1) is 6.60. The van der Waals surface area contributed by atoms with Gasteiger partial charge in [-0.2, -0.15) is 0 Å². The Morgan fingerprint density at radius 3 is 2.50 bits per heavy atom. The Kier molecular flexibility index (Phi) is 3.78. The minimum absolute atomic E-state index is 0.392. The Labute approximate surface area is 90.0 Å². The van der Waals surface area contributed by atoms with Crippen molar-refractivity contribution in [3.63, 3.8) is 0 Å². The maximum atomic E-state index is 6.12. The van der Waals surface area contributed by atoms with Crippen molar-refractivity contribution in [2.45, 2.75) is 26.3 Å². The SMILES string of the molecule is COc1cc(C(C)C)c(Cl)cc1CN. The number of hydrogen-bond acceptors (Lipinski definition) is 2. The lowest BCUT2D eigenvalue weighted by Gasteiger charge is -2.13. The predicted molar refractivity (Wildman–Crippen MR) is 60.0 cm³/mol. The van der Waals surface area contributed by atoms with Gasteiger partial charge < -0.3 is 10.5 Å². The molecule has 0 spiro atoms. The van der Waals surface area contributed by atoms with E-state index < -0.39 is 0 Å². The van der Waals surface area contributed by atoms with Gasteiger partial charge in [-0.05, 0) is 23.6 Å². The molecule has 0 amide bonds. The molecule has 78 valence electrons. The van der Waals surface area contributed by atoms with Gasteiger partial charge in [-0.1, -0.05) is 25.4 Å². The summed E-state index contributed by atoms with van der Waals surface area (Å²) in [6.45, 7) is 4.65. The van der Waals surface area contributed by atoms with Crippen molar-refractivity contribution < 1.29 is 4.74 Å². The number of ether oxygens (including phenoxy) is 1. The Bertz CT molecular complexity index is 323. The van der Waals surface area contributed by atoms with E-state index in [0.717, 1.165) is 21.9 Å². The zero-order valence-electron chi connectivity index (χ0n) is 8.80. The molecular weight excluding hydrogens is 198 g/mol. The highest BCUT2D eigenvalue weighted by Gasteiger charge is 2.10. The first kappa shape index (κ1) is 11.3. The lowest BCUT2D eigenvalue weighted by Crippen LogP contribution is -2.02. The minimum Gasteiger partial charge on any atom is -0.496 e. The van der Waals surface area contributed by atoms with E-state index in [-0.39, 0.29) is 0 Å². The summed E-state index contributed by atoms with van der Waals surface area (Å²) in [6, 6.07) is 3.85. The molecule has 3 heteroatoms. The molecule has 0 saturated carbocycles. The quantitative estimate of drug-likeness (QED) is 0.838. The van der Waals surface area contributed by atoms with Crippen LogP contribution in [0.1, 0.15) is 30.9 Å². The third-order valence-electron chi connectivity index (χ3n) is 2.24. The molecule has 0 atom stereocenters. The summed E-state index contributed by atoms with van der Waals surface area (Å²) in [5.74, 6) is 1.21. The van der Waals surface area contributed by atoms with Crippen LogP contribution in [0, 0.1) is 0 Å². The Hall–Kier alpha value is -0.730. The molecule has 0 aromatic heterocycles. The molecule has 0 aliphatic heterocycles. The molecule has 0 aliphatic rings. The molecule has 1 aromatic carbocycles. The molecule has 14 heavy (non-hydrogen) atoms. The van der Waals surface area contributed by atoms with E-state index in [4.69, 9.17) is 22.1 Å². The number of nitrogens with two attached hydrogens (primary N) is 1. The molecule has 0 bridgehead atoms. The molecule has 0 unspecified atom stereocenters. The maximum Gasteiger partial charge on any atom is 0.123 e. The third kappa shape index (κ3) is 2.20. The smallest absolute Gasteiger partial charge is 0.123 e. The largest absolute Gasteiger partial charge is 0.496 e. The summed E-state index contributed by atoms with van der Waals surface area (Å²) < 4.78 is 5.24. The highest BCUT2D eigenvalue weighted by Crippen LogP contribution is 2.31. The Morgan fingerprint density at radius 2 is 2.07 bits per heavy atom. The van der Waals surface area contributed by atoms with Gasteiger partial charge in [0.1, 0.15) is 5.75 Å². The number of methoxy groups -OCH3 is 1. The maximum absolute atomic E-state index is 6.12. The predicted octanol–water partition coefficient (Wildman–Crippen LogP) is 2.93. The van der Waals surface area contributed by atoms with Crippen LogP contribution in [0.4, 0.5) is 0 Å². The second-order valence-electron chi connectivity index (χ2n) is 3.54. The molecular formula is C11H16ClNO. The van der Waals surface area contributed by atoms with Crippen LogP contribution in [0.3, 0.4) is 0 Å². The van der Waals surface area contributed by atoms with E-state index in [0.29, 0.717) is 12.5 Å². The standard InChI is InChI=1S/C11H16ClNO/c1-7(2)9-5-11(14-3)8(6-13)4-10(9)12/h4-5,7H,6,13H2,1-3H3. The van der Waals surface area contributed by atoms with Crippen molar-refractivity contribution in [3.05, 3.63) is 28.3 Å². The van der Waals surface area contributed by atoms with Crippen LogP contribution < -0.4 is 10.5 Å².